The molecule has 1 N–H and O–H groups in total. The summed E-state index contributed by atoms with van der Waals surface area (Å²) in [4.78, 5) is 2.35. The summed E-state index contributed by atoms with van der Waals surface area (Å²) in [5, 5.41) is 10.3. The number of rotatable bonds is 7. The molecule has 128 valence electrons. The summed E-state index contributed by atoms with van der Waals surface area (Å²) in [5.74, 6) is 1.37. The van der Waals surface area contributed by atoms with Crippen molar-refractivity contribution >= 4 is 6.08 Å². The van der Waals surface area contributed by atoms with Crippen molar-refractivity contribution in [3.63, 3.8) is 0 Å². The van der Waals surface area contributed by atoms with Gasteiger partial charge in [0, 0.05) is 12.6 Å². The maximum absolute atomic E-state index is 10.3. The quantitative estimate of drug-likeness (QED) is 0.837. The molecule has 1 aromatic rings. The van der Waals surface area contributed by atoms with Crippen LogP contribution < -0.4 is 9.47 Å². The minimum absolute atomic E-state index is 0.280. The maximum Gasteiger partial charge on any atom is 0.161 e. The summed E-state index contributed by atoms with van der Waals surface area (Å²) in [6.07, 6.45) is 7.24. The van der Waals surface area contributed by atoms with Gasteiger partial charge in [-0.25, -0.2) is 0 Å². The molecule has 1 aliphatic heterocycles. The Hall–Kier alpha value is -1.52. The van der Waals surface area contributed by atoms with Crippen molar-refractivity contribution in [2.45, 2.75) is 45.3 Å². The third-order valence-electron chi connectivity index (χ3n) is 4.36. The molecule has 2 rings (SSSR count). The van der Waals surface area contributed by atoms with Crippen molar-refractivity contribution in [3.05, 3.63) is 29.8 Å². The van der Waals surface area contributed by atoms with E-state index in [4.69, 9.17) is 9.47 Å². The molecule has 0 spiro atoms. The zero-order valence-corrected chi connectivity index (χ0v) is 14.5. The van der Waals surface area contributed by atoms with Gasteiger partial charge in [-0.3, -0.25) is 4.90 Å². The molecule has 0 aromatic heterocycles. The molecule has 4 nitrogen and oxygen atoms in total. The number of hydrogen-bond acceptors (Lipinski definition) is 4. The molecular formula is C19H29NO3. The van der Waals surface area contributed by atoms with Crippen molar-refractivity contribution < 1.29 is 14.6 Å². The van der Waals surface area contributed by atoms with E-state index in [1.165, 1.54) is 19.3 Å². The van der Waals surface area contributed by atoms with Crippen molar-refractivity contribution in [3.8, 4) is 11.5 Å². The van der Waals surface area contributed by atoms with E-state index in [2.05, 4.69) is 11.8 Å². The largest absolute Gasteiger partial charge is 0.493 e. The minimum atomic E-state index is -0.490. The van der Waals surface area contributed by atoms with Crippen molar-refractivity contribution in [2.24, 2.45) is 0 Å². The van der Waals surface area contributed by atoms with Crippen LogP contribution in [0.15, 0.2) is 24.3 Å². The third kappa shape index (κ3) is 5.26. The fourth-order valence-corrected chi connectivity index (χ4v) is 3.04. The third-order valence-corrected chi connectivity index (χ3v) is 4.36. The van der Waals surface area contributed by atoms with E-state index in [1.807, 2.05) is 37.3 Å². The fourth-order valence-electron chi connectivity index (χ4n) is 3.04. The van der Waals surface area contributed by atoms with Crippen LogP contribution in [0, 0.1) is 0 Å². The van der Waals surface area contributed by atoms with Gasteiger partial charge in [0.15, 0.2) is 11.5 Å². The Bertz CT molecular complexity index is 515. The second-order valence-corrected chi connectivity index (χ2v) is 6.21. The molecule has 0 bridgehead atoms. The molecule has 1 fully saturated rings. The van der Waals surface area contributed by atoms with Gasteiger partial charge in [0.05, 0.1) is 7.11 Å². The molecule has 1 heterocycles. The summed E-state index contributed by atoms with van der Waals surface area (Å²) in [6.45, 7) is 6.23. The lowest BCUT2D eigenvalue weighted by Gasteiger charge is -2.34. The first-order valence-corrected chi connectivity index (χ1v) is 8.49. The standard InChI is InChI=1S/C19H29NO3/c1-4-7-16-9-10-18(19(12-16)22-3)23-14-17(21)13-20-11-6-5-8-15(20)2/h4,7,9-10,12,15,17,21H,5-6,8,11,13-14H2,1-3H3/b7-4+/t15-,17-/m0/s1. The van der Waals surface area contributed by atoms with Crippen LogP contribution >= 0.6 is 0 Å². The van der Waals surface area contributed by atoms with E-state index in [9.17, 15) is 5.11 Å². The molecule has 0 aliphatic carbocycles. The lowest BCUT2D eigenvalue weighted by atomic mass is 10.0. The minimum Gasteiger partial charge on any atom is -0.493 e. The molecule has 0 unspecified atom stereocenters. The number of methoxy groups -OCH3 is 1. The highest BCUT2D eigenvalue weighted by Gasteiger charge is 2.21. The van der Waals surface area contributed by atoms with Gasteiger partial charge in [-0.1, -0.05) is 24.6 Å². The molecule has 0 radical (unpaired) electrons. The number of aliphatic hydroxyl groups excluding tert-OH is 1. The number of β-amino-alcohol motifs (C(OH)–C–C–N with tert-alkyl or cyclic N) is 1. The molecule has 1 aliphatic rings. The molecule has 2 atom stereocenters. The Labute approximate surface area is 139 Å². The van der Waals surface area contributed by atoms with Gasteiger partial charge in [-0.05, 0) is 50.9 Å². The van der Waals surface area contributed by atoms with Crippen LogP contribution in [0.25, 0.3) is 6.08 Å². The second kappa shape index (κ2) is 8.94. The number of benzene rings is 1. The van der Waals surface area contributed by atoms with Gasteiger partial charge in [-0.2, -0.15) is 0 Å². The predicted molar refractivity (Wildman–Crippen MR) is 94.1 cm³/mol. The van der Waals surface area contributed by atoms with E-state index < -0.39 is 6.10 Å². The van der Waals surface area contributed by atoms with E-state index in [0.717, 1.165) is 12.1 Å². The number of ether oxygens (including phenoxy) is 2. The number of aliphatic hydroxyl groups is 1. The van der Waals surface area contributed by atoms with E-state index in [0.29, 0.717) is 24.1 Å². The highest BCUT2D eigenvalue weighted by atomic mass is 16.5. The monoisotopic (exact) mass is 319 g/mol. The Morgan fingerprint density at radius 3 is 2.87 bits per heavy atom. The van der Waals surface area contributed by atoms with Crippen LogP contribution in [-0.4, -0.2) is 49.0 Å². The highest BCUT2D eigenvalue weighted by molar-refractivity contribution is 5.55. The van der Waals surface area contributed by atoms with Crippen LogP contribution in [0.4, 0.5) is 0 Å². The smallest absolute Gasteiger partial charge is 0.161 e. The van der Waals surface area contributed by atoms with Gasteiger partial charge in [0.1, 0.15) is 12.7 Å². The Morgan fingerprint density at radius 2 is 2.17 bits per heavy atom. The summed E-state index contributed by atoms with van der Waals surface area (Å²) in [7, 11) is 1.63. The first-order chi connectivity index (χ1) is 11.1. The number of nitrogens with zero attached hydrogens (tertiary/aromatic N) is 1. The normalized spacial score (nSPS) is 20.6. The Morgan fingerprint density at radius 1 is 1.35 bits per heavy atom. The average Bonchev–Trinajstić information content (AvgIpc) is 2.56. The van der Waals surface area contributed by atoms with Crippen LogP contribution in [0.3, 0.4) is 0 Å². The molecule has 0 saturated carbocycles. The average molecular weight is 319 g/mol. The van der Waals surface area contributed by atoms with Gasteiger partial charge < -0.3 is 14.6 Å². The van der Waals surface area contributed by atoms with Gasteiger partial charge >= 0.3 is 0 Å². The summed E-state index contributed by atoms with van der Waals surface area (Å²) >= 11 is 0. The van der Waals surface area contributed by atoms with Crippen LogP contribution in [0.2, 0.25) is 0 Å². The summed E-state index contributed by atoms with van der Waals surface area (Å²) < 4.78 is 11.2. The van der Waals surface area contributed by atoms with Gasteiger partial charge in [0.2, 0.25) is 0 Å². The number of hydrogen-bond donors (Lipinski definition) is 1. The first kappa shape index (κ1) is 17.8. The van der Waals surface area contributed by atoms with Crippen LogP contribution in [-0.2, 0) is 0 Å². The first-order valence-electron chi connectivity index (χ1n) is 8.49. The van der Waals surface area contributed by atoms with Gasteiger partial charge in [-0.15, -0.1) is 0 Å². The van der Waals surface area contributed by atoms with Crippen molar-refractivity contribution in [1.82, 2.24) is 4.90 Å². The molecule has 1 saturated heterocycles. The Kier molecular flexibility index (Phi) is 6.93. The van der Waals surface area contributed by atoms with Gasteiger partial charge in [0.25, 0.3) is 0 Å². The SMILES string of the molecule is C/C=C/c1ccc(OC[C@@H](O)CN2CCCC[C@@H]2C)c(OC)c1. The second-order valence-electron chi connectivity index (χ2n) is 6.21. The molecular weight excluding hydrogens is 290 g/mol. The summed E-state index contributed by atoms with van der Waals surface area (Å²) in [6, 6.07) is 6.36. The fraction of sp³-hybridized carbons (Fsp3) is 0.579. The van der Waals surface area contributed by atoms with E-state index in [1.54, 1.807) is 7.11 Å². The van der Waals surface area contributed by atoms with E-state index in [-0.39, 0.29) is 6.61 Å². The summed E-state index contributed by atoms with van der Waals surface area (Å²) in [5.41, 5.74) is 1.07. The number of piperidine rings is 1. The van der Waals surface area contributed by atoms with Crippen molar-refractivity contribution in [2.75, 3.05) is 26.8 Å². The molecule has 23 heavy (non-hydrogen) atoms. The molecule has 0 amide bonds. The highest BCUT2D eigenvalue weighted by Crippen LogP contribution is 2.28. The zero-order chi connectivity index (χ0) is 16.7. The van der Waals surface area contributed by atoms with Crippen LogP contribution in [0.5, 0.6) is 11.5 Å². The van der Waals surface area contributed by atoms with E-state index >= 15 is 0 Å². The molecule has 4 heteroatoms. The number of likely N-dealkylation sites (tertiary alicyclic amines) is 1. The van der Waals surface area contributed by atoms with Crippen LogP contribution in [0.1, 0.15) is 38.7 Å². The lowest BCUT2D eigenvalue weighted by Crippen LogP contribution is -2.43. The Balaban J connectivity index is 1.89. The topological polar surface area (TPSA) is 41.9 Å². The maximum atomic E-state index is 10.3. The molecule has 1 aromatic carbocycles. The number of allylic oxidation sites excluding steroid dienone is 1. The predicted octanol–water partition coefficient (Wildman–Crippen LogP) is 3.34. The lowest BCUT2D eigenvalue weighted by molar-refractivity contribution is 0.0431. The zero-order valence-electron chi connectivity index (χ0n) is 14.5. The van der Waals surface area contributed by atoms with Crippen molar-refractivity contribution in [1.29, 1.82) is 0 Å².